The van der Waals surface area contributed by atoms with Crippen LogP contribution < -0.4 is 16.4 Å². The Morgan fingerprint density at radius 1 is 1.03 bits per heavy atom. The van der Waals surface area contributed by atoms with Crippen molar-refractivity contribution in [1.82, 2.24) is 5.32 Å². The second-order valence-corrected chi connectivity index (χ2v) is 9.58. The zero-order valence-corrected chi connectivity index (χ0v) is 22.8. The molecular weight excluding hydrogens is 755 g/mol. The van der Waals surface area contributed by atoms with Gasteiger partial charge >= 0.3 is 5.97 Å². The third-order valence-corrected chi connectivity index (χ3v) is 7.28. The van der Waals surface area contributed by atoms with Gasteiger partial charge in [0.05, 0.1) is 36.7 Å². The van der Waals surface area contributed by atoms with Gasteiger partial charge in [0.25, 0.3) is 5.91 Å². The second kappa shape index (κ2) is 12.8. The van der Waals surface area contributed by atoms with Crippen molar-refractivity contribution in [1.29, 1.82) is 0 Å². The normalized spacial score (nSPS) is 15.0. The molecule has 1 aromatic carbocycles. The molecule has 0 aliphatic carbocycles. The van der Waals surface area contributed by atoms with Gasteiger partial charge in [-0.05, 0) is 74.8 Å². The molecule has 0 bridgehead atoms. The SMILES string of the molecule is CNC[C@H](O)[C@@H](O)[C@H](O)[C@@H](CO)OC(=O)c1c(I)c(NC(C)=O)c(I)c(C(N)=O)c1I. The van der Waals surface area contributed by atoms with Crippen molar-refractivity contribution >= 4 is 91.2 Å². The Morgan fingerprint density at radius 3 is 2.03 bits per heavy atom. The van der Waals surface area contributed by atoms with E-state index < -0.39 is 48.8 Å². The van der Waals surface area contributed by atoms with Crippen LogP contribution in [0.15, 0.2) is 0 Å². The van der Waals surface area contributed by atoms with E-state index >= 15 is 0 Å². The molecule has 8 N–H and O–H groups in total. The topological polar surface area (TPSA) is 191 Å². The van der Waals surface area contributed by atoms with Crippen LogP contribution in [0.3, 0.4) is 0 Å². The lowest BCUT2D eigenvalue weighted by Crippen LogP contribution is -2.50. The summed E-state index contributed by atoms with van der Waals surface area (Å²) in [5, 5.41) is 44.9. The Hall–Kier alpha value is -0.380. The second-order valence-electron chi connectivity index (χ2n) is 6.34. The molecule has 0 aromatic heterocycles. The lowest BCUT2D eigenvalue weighted by molar-refractivity contribution is -0.118. The highest BCUT2D eigenvalue weighted by atomic mass is 127. The lowest BCUT2D eigenvalue weighted by Gasteiger charge is -2.28. The summed E-state index contributed by atoms with van der Waals surface area (Å²) in [6.45, 7) is 0.344. The lowest BCUT2D eigenvalue weighted by atomic mass is 10.0. The monoisotopic (exact) mass is 777 g/mol. The summed E-state index contributed by atoms with van der Waals surface area (Å²) in [5.74, 6) is -2.32. The number of amides is 2. The van der Waals surface area contributed by atoms with Crippen molar-refractivity contribution in [2.24, 2.45) is 5.73 Å². The molecule has 4 atom stereocenters. The van der Waals surface area contributed by atoms with Gasteiger partial charge < -0.3 is 41.5 Å². The summed E-state index contributed by atoms with van der Waals surface area (Å²) in [5.41, 5.74) is 5.50. The molecule has 31 heavy (non-hydrogen) atoms. The minimum atomic E-state index is -1.80. The average molecular weight is 777 g/mol. The molecule has 1 aromatic rings. The van der Waals surface area contributed by atoms with Crippen LogP contribution in [0, 0.1) is 10.7 Å². The number of likely N-dealkylation sites (N-methyl/N-ethyl adjacent to an activating group) is 1. The van der Waals surface area contributed by atoms with Gasteiger partial charge in [0.15, 0.2) is 6.10 Å². The number of nitrogens with two attached hydrogens (primary N) is 1. The number of anilines is 1. The van der Waals surface area contributed by atoms with Crippen molar-refractivity contribution in [2.75, 3.05) is 25.5 Å². The van der Waals surface area contributed by atoms with E-state index in [4.69, 9.17) is 10.5 Å². The van der Waals surface area contributed by atoms with Gasteiger partial charge in [-0.25, -0.2) is 4.79 Å². The molecule has 0 saturated carbocycles. The quantitative estimate of drug-likeness (QED) is 0.120. The smallest absolute Gasteiger partial charge is 0.340 e. The number of aliphatic hydroxyl groups is 4. The molecule has 0 fully saturated rings. The first-order valence-corrected chi connectivity index (χ1v) is 11.9. The molecule has 0 aliphatic rings. The van der Waals surface area contributed by atoms with Crippen LogP contribution in [0.4, 0.5) is 5.69 Å². The summed E-state index contributed by atoms with van der Waals surface area (Å²) < 4.78 is 5.92. The molecule has 0 unspecified atom stereocenters. The van der Waals surface area contributed by atoms with Crippen molar-refractivity contribution < 1.29 is 39.5 Å². The number of aliphatic hydroxyl groups excluding tert-OH is 4. The fourth-order valence-electron chi connectivity index (χ4n) is 2.53. The minimum Gasteiger partial charge on any atom is -0.453 e. The van der Waals surface area contributed by atoms with Gasteiger partial charge in [0.1, 0.15) is 12.2 Å². The van der Waals surface area contributed by atoms with Crippen LogP contribution in [-0.2, 0) is 9.53 Å². The number of hydrogen-bond acceptors (Lipinski definition) is 9. The molecule has 0 saturated heterocycles. The first-order valence-electron chi connectivity index (χ1n) is 8.67. The first-order chi connectivity index (χ1) is 14.4. The van der Waals surface area contributed by atoms with Crippen LogP contribution >= 0.6 is 67.8 Å². The van der Waals surface area contributed by atoms with E-state index in [1.807, 2.05) is 22.6 Å². The van der Waals surface area contributed by atoms with E-state index in [1.54, 1.807) is 45.2 Å². The maximum absolute atomic E-state index is 12.9. The van der Waals surface area contributed by atoms with Crippen LogP contribution in [-0.4, -0.2) is 82.8 Å². The number of carbonyl (C=O) groups is 3. The van der Waals surface area contributed by atoms with E-state index in [1.165, 1.54) is 14.0 Å². The Kier molecular flexibility index (Phi) is 11.8. The van der Waals surface area contributed by atoms with Gasteiger partial charge in [-0.2, -0.15) is 0 Å². The Labute approximate surface area is 218 Å². The van der Waals surface area contributed by atoms with Crippen molar-refractivity contribution in [3.05, 3.63) is 21.8 Å². The number of primary amides is 1. The fraction of sp³-hybridized carbons (Fsp3) is 0.471. The minimum absolute atomic E-state index is 0.0112. The first kappa shape index (κ1) is 28.7. The molecule has 0 radical (unpaired) electrons. The molecule has 0 heterocycles. The third kappa shape index (κ3) is 7.05. The van der Waals surface area contributed by atoms with Crippen LogP contribution in [0.2, 0.25) is 0 Å². The van der Waals surface area contributed by atoms with Crippen LogP contribution in [0.25, 0.3) is 0 Å². The standard InChI is InChI=1S/C17H22I3N3O8/c1-5(25)23-13-11(19)8(16(21)29)10(18)9(12(13)20)17(30)31-7(4-24)15(28)14(27)6(26)3-22-2/h6-7,14-15,22,24,26-28H,3-4H2,1-2H3,(H2,21,29)(H,23,25)/t6-,7+,14+,15+/m0/s1. The van der Waals surface area contributed by atoms with Gasteiger partial charge in [0, 0.05) is 17.0 Å². The summed E-state index contributed by atoms with van der Waals surface area (Å²) in [7, 11) is 1.52. The van der Waals surface area contributed by atoms with Crippen LogP contribution in [0.1, 0.15) is 27.6 Å². The zero-order valence-electron chi connectivity index (χ0n) is 16.4. The van der Waals surface area contributed by atoms with Gasteiger partial charge in [0.2, 0.25) is 5.91 Å². The Morgan fingerprint density at radius 2 is 1.58 bits per heavy atom. The maximum atomic E-state index is 12.9. The molecule has 0 aliphatic heterocycles. The molecular formula is C17H22I3N3O8. The number of esters is 1. The summed E-state index contributed by atoms with van der Waals surface area (Å²) in [6, 6.07) is 0. The van der Waals surface area contributed by atoms with E-state index in [9.17, 15) is 34.8 Å². The zero-order chi connectivity index (χ0) is 24.0. The number of ether oxygens (including phenoxy) is 1. The number of carbonyl (C=O) groups excluding carboxylic acids is 3. The van der Waals surface area contributed by atoms with Crippen LogP contribution in [0.5, 0.6) is 0 Å². The molecule has 174 valence electrons. The summed E-state index contributed by atoms with van der Waals surface area (Å²) in [6.07, 6.45) is -6.49. The predicted molar refractivity (Wildman–Crippen MR) is 136 cm³/mol. The largest absolute Gasteiger partial charge is 0.453 e. The number of rotatable bonds is 10. The average Bonchev–Trinajstić information content (AvgIpc) is 2.67. The molecule has 1 rings (SSSR count). The van der Waals surface area contributed by atoms with E-state index in [2.05, 4.69) is 10.6 Å². The summed E-state index contributed by atoms with van der Waals surface area (Å²) in [4.78, 5) is 36.5. The van der Waals surface area contributed by atoms with E-state index in [0.29, 0.717) is 3.57 Å². The molecule has 11 nitrogen and oxygen atoms in total. The highest BCUT2D eigenvalue weighted by molar-refractivity contribution is 14.1. The van der Waals surface area contributed by atoms with E-state index in [0.717, 1.165) is 0 Å². The van der Waals surface area contributed by atoms with Crippen molar-refractivity contribution in [3.8, 4) is 0 Å². The Bertz CT molecular complexity index is 855. The van der Waals surface area contributed by atoms with Crippen molar-refractivity contribution in [2.45, 2.75) is 31.3 Å². The third-order valence-electron chi connectivity index (χ3n) is 4.05. The summed E-state index contributed by atoms with van der Waals surface area (Å²) >= 11 is 5.35. The molecule has 0 spiro atoms. The highest BCUT2D eigenvalue weighted by Crippen LogP contribution is 2.36. The van der Waals surface area contributed by atoms with Crippen molar-refractivity contribution in [3.63, 3.8) is 0 Å². The molecule has 14 heteroatoms. The van der Waals surface area contributed by atoms with Gasteiger partial charge in [-0.3, -0.25) is 9.59 Å². The maximum Gasteiger partial charge on any atom is 0.340 e. The van der Waals surface area contributed by atoms with Gasteiger partial charge in [-0.15, -0.1) is 0 Å². The van der Waals surface area contributed by atoms with Gasteiger partial charge in [-0.1, -0.05) is 0 Å². The number of nitrogens with one attached hydrogen (secondary N) is 2. The highest BCUT2D eigenvalue weighted by Gasteiger charge is 2.35. The fourth-order valence-corrected chi connectivity index (χ4v) is 6.94. The van der Waals surface area contributed by atoms with E-state index in [-0.39, 0.29) is 30.5 Å². The number of halogens is 3. The number of hydrogen-bond donors (Lipinski definition) is 7. The Balaban J connectivity index is 3.40. The number of benzene rings is 1. The predicted octanol–water partition coefficient (Wildman–Crippen LogP) is -0.623. The molecule has 2 amide bonds.